The van der Waals surface area contributed by atoms with Gasteiger partial charge in [-0.25, -0.2) is 4.98 Å². The molecule has 0 saturated carbocycles. The average molecular weight is 574 g/mol. The van der Waals surface area contributed by atoms with Crippen LogP contribution in [0, 0.1) is 0 Å². The van der Waals surface area contributed by atoms with E-state index < -0.39 is 11.9 Å². The fourth-order valence-corrected chi connectivity index (χ4v) is 6.04. The number of thioether (sulfide) groups is 1. The monoisotopic (exact) mass is 573 g/mol. The van der Waals surface area contributed by atoms with Gasteiger partial charge in [-0.3, -0.25) is 4.57 Å². The van der Waals surface area contributed by atoms with Crippen LogP contribution >= 0.6 is 11.8 Å². The first-order valence-electron chi connectivity index (χ1n) is 13.1. The molecule has 1 unspecified atom stereocenters. The second kappa shape index (κ2) is 10.6. The number of anilines is 1. The van der Waals surface area contributed by atoms with Crippen LogP contribution in [0.25, 0.3) is 27.6 Å². The Morgan fingerprint density at radius 2 is 1.85 bits per heavy atom. The molecule has 1 aliphatic rings. The highest BCUT2D eigenvalue weighted by atomic mass is 32.2. The standard InChI is InChI=1S/C30H26F3N7S/c1-18(2)22-6-4-5-7-24(22)40-19(3)16-41-29(40)38-35-15-20-8-10-23-21(14-20)9-11-25-28(23)34-17-39(25)27-13-12-26(36-37-27)30(31,32)33/h4-15,17-19H,16H2,1-3H3/b35-15+,38-29-. The van der Waals surface area contributed by atoms with Crippen LogP contribution in [0.1, 0.15) is 43.5 Å². The lowest BCUT2D eigenvalue weighted by atomic mass is 10.00. The van der Waals surface area contributed by atoms with Crippen LogP contribution < -0.4 is 4.90 Å². The maximum Gasteiger partial charge on any atom is 0.435 e. The molecule has 7 nitrogen and oxygen atoms in total. The molecule has 1 atom stereocenters. The molecule has 0 spiro atoms. The lowest BCUT2D eigenvalue weighted by molar-refractivity contribution is -0.141. The van der Waals surface area contributed by atoms with Crippen LogP contribution in [0.4, 0.5) is 18.9 Å². The number of para-hydroxylation sites is 1. The summed E-state index contributed by atoms with van der Waals surface area (Å²) in [6, 6.07) is 20.7. The summed E-state index contributed by atoms with van der Waals surface area (Å²) in [5, 5.41) is 18.8. The van der Waals surface area contributed by atoms with E-state index in [1.807, 2.05) is 30.3 Å². The van der Waals surface area contributed by atoms with Crippen molar-refractivity contribution >= 4 is 50.6 Å². The fraction of sp³-hybridized carbons (Fsp3) is 0.233. The summed E-state index contributed by atoms with van der Waals surface area (Å²) in [5.74, 6) is 1.59. The minimum absolute atomic E-state index is 0.256. The first-order chi connectivity index (χ1) is 19.7. The maximum absolute atomic E-state index is 12.9. The highest BCUT2D eigenvalue weighted by Gasteiger charge is 2.33. The summed E-state index contributed by atoms with van der Waals surface area (Å²) in [7, 11) is 0. The normalized spacial score (nSPS) is 17.2. The van der Waals surface area contributed by atoms with E-state index >= 15 is 0 Å². The number of rotatable bonds is 5. The molecule has 0 aliphatic carbocycles. The lowest BCUT2D eigenvalue weighted by Crippen LogP contribution is -2.32. The Kier molecular flexibility index (Phi) is 6.98. The third-order valence-corrected chi connectivity index (χ3v) is 8.20. The molecule has 3 aromatic carbocycles. The molecule has 0 radical (unpaired) electrons. The van der Waals surface area contributed by atoms with Crippen LogP contribution in [0.15, 0.2) is 83.3 Å². The number of benzene rings is 3. The van der Waals surface area contributed by atoms with Gasteiger partial charge in [0.2, 0.25) is 0 Å². The van der Waals surface area contributed by atoms with Crippen molar-refractivity contribution < 1.29 is 13.2 Å². The van der Waals surface area contributed by atoms with Gasteiger partial charge in [-0.2, -0.15) is 18.3 Å². The number of nitrogens with zero attached hydrogens (tertiary/aromatic N) is 7. The van der Waals surface area contributed by atoms with Gasteiger partial charge in [0.1, 0.15) is 6.33 Å². The number of hydrogen-bond acceptors (Lipinski definition) is 6. The van der Waals surface area contributed by atoms with Gasteiger partial charge in [0, 0.05) is 22.9 Å². The van der Waals surface area contributed by atoms with Gasteiger partial charge in [-0.05, 0) is 59.7 Å². The fourth-order valence-electron chi connectivity index (χ4n) is 4.98. The average Bonchev–Trinajstić information content (AvgIpc) is 3.56. The molecule has 11 heteroatoms. The second-order valence-corrected chi connectivity index (χ2v) is 11.2. The third kappa shape index (κ3) is 5.17. The largest absolute Gasteiger partial charge is 0.435 e. The summed E-state index contributed by atoms with van der Waals surface area (Å²) < 4.78 is 40.3. The lowest BCUT2D eigenvalue weighted by Gasteiger charge is -2.26. The number of halogens is 3. The zero-order chi connectivity index (χ0) is 28.7. The van der Waals surface area contributed by atoms with Crippen LogP contribution in [-0.2, 0) is 6.18 Å². The van der Waals surface area contributed by atoms with Crippen molar-refractivity contribution in [1.29, 1.82) is 0 Å². The molecule has 41 heavy (non-hydrogen) atoms. The number of aromatic nitrogens is 4. The van der Waals surface area contributed by atoms with Gasteiger partial charge in [0.15, 0.2) is 16.7 Å². The smallest absolute Gasteiger partial charge is 0.316 e. The maximum atomic E-state index is 12.9. The highest BCUT2D eigenvalue weighted by Crippen LogP contribution is 2.35. The predicted octanol–water partition coefficient (Wildman–Crippen LogP) is 7.44. The Morgan fingerprint density at radius 1 is 1.02 bits per heavy atom. The summed E-state index contributed by atoms with van der Waals surface area (Å²) in [6.45, 7) is 6.59. The molecule has 0 bridgehead atoms. The molecule has 3 heterocycles. The van der Waals surface area contributed by atoms with Crippen molar-refractivity contribution in [1.82, 2.24) is 19.7 Å². The van der Waals surface area contributed by atoms with Crippen molar-refractivity contribution in [3.05, 3.63) is 89.9 Å². The second-order valence-electron chi connectivity index (χ2n) is 10.2. The molecular weight excluding hydrogens is 547 g/mol. The van der Waals surface area contributed by atoms with E-state index in [4.69, 9.17) is 0 Å². The highest BCUT2D eigenvalue weighted by molar-refractivity contribution is 8.14. The Morgan fingerprint density at radius 3 is 2.61 bits per heavy atom. The number of amidine groups is 1. The summed E-state index contributed by atoms with van der Waals surface area (Å²) in [4.78, 5) is 6.78. The SMILES string of the molecule is CC(C)c1ccccc1N1/C(=N/N=C/c2ccc3c(ccc4c3ncn4-c3ccc(C(F)(F)F)nn3)c2)SCC1C. The zero-order valence-electron chi connectivity index (χ0n) is 22.5. The van der Waals surface area contributed by atoms with E-state index in [1.165, 1.54) is 23.6 Å². The molecule has 0 amide bonds. The van der Waals surface area contributed by atoms with E-state index in [1.54, 1.807) is 22.5 Å². The van der Waals surface area contributed by atoms with Gasteiger partial charge in [0.05, 0.1) is 17.2 Å². The Balaban J connectivity index is 1.27. The Hall–Kier alpha value is -4.25. The van der Waals surface area contributed by atoms with Crippen LogP contribution in [0.2, 0.25) is 0 Å². The van der Waals surface area contributed by atoms with Crippen molar-refractivity contribution in [3.63, 3.8) is 0 Å². The number of hydrogen-bond donors (Lipinski definition) is 0. The zero-order valence-corrected chi connectivity index (χ0v) is 23.4. The van der Waals surface area contributed by atoms with Crippen molar-refractivity contribution in [2.24, 2.45) is 10.2 Å². The summed E-state index contributed by atoms with van der Waals surface area (Å²) >= 11 is 1.70. The molecule has 208 valence electrons. The quantitative estimate of drug-likeness (QED) is 0.161. The van der Waals surface area contributed by atoms with E-state index in [0.29, 0.717) is 23.0 Å². The van der Waals surface area contributed by atoms with Gasteiger partial charge < -0.3 is 4.90 Å². The topological polar surface area (TPSA) is 71.6 Å². The van der Waals surface area contributed by atoms with Gasteiger partial charge in [-0.15, -0.1) is 15.3 Å². The van der Waals surface area contributed by atoms with Gasteiger partial charge in [0.25, 0.3) is 0 Å². The minimum Gasteiger partial charge on any atom is -0.316 e. The Labute approximate surface area is 238 Å². The van der Waals surface area contributed by atoms with E-state index in [0.717, 1.165) is 33.3 Å². The molecule has 5 aromatic rings. The minimum atomic E-state index is -4.54. The van der Waals surface area contributed by atoms with Crippen molar-refractivity contribution in [2.45, 2.75) is 38.9 Å². The molecule has 1 fully saturated rings. The van der Waals surface area contributed by atoms with Crippen molar-refractivity contribution in [3.8, 4) is 5.82 Å². The van der Waals surface area contributed by atoms with Gasteiger partial charge in [-0.1, -0.05) is 62.0 Å². The molecule has 1 aliphatic heterocycles. The molecule has 2 aromatic heterocycles. The molecule has 1 saturated heterocycles. The van der Waals surface area contributed by atoms with Gasteiger partial charge >= 0.3 is 6.18 Å². The molecular formula is C30H26F3N7S. The number of fused-ring (bicyclic) bond motifs is 3. The van der Waals surface area contributed by atoms with E-state index in [2.05, 4.69) is 75.3 Å². The predicted molar refractivity (Wildman–Crippen MR) is 159 cm³/mol. The first kappa shape index (κ1) is 26.9. The van der Waals surface area contributed by atoms with Crippen LogP contribution in [-0.4, -0.2) is 42.9 Å². The number of imidazole rings is 1. The van der Waals surface area contributed by atoms with E-state index in [-0.39, 0.29) is 5.82 Å². The summed E-state index contributed by atoms with van der Waals surface area (Å²) in [6.07, 6.45) is -1.27. The molecule has 0 N–H and O–H groups in total. The van der Waals surface area contributed by atoms with Crippen LogP contribution in [0.3, 0.4) is 0 Å². The van der Waals surface area contributed by atoms with Crippen LogP contribution in [0.5, 0.6) is 0 Å². The molecule has 6 rings (SSSR count). The van der Waals surface area contributed by atoms with E-state index in [9.17, 15) is 13.2 Å². The summed E-state index contributed by atoms with van der Waals surface area (Å²) in [5.41, 5.74) is 3.74. The first-order valence-corrected chi connectivity index (χ1v) is 14.1. The Bertz CT molecular complexity index is 1790. The van der Waals surface area contributed by atoms with Crippen molar-refractivity contribution in [2.75, 3.05) is 10.7 Å². The number of alkyl halides is 3. The third-order valence-electron chi connectivity index (χ3n) is 7.01.